The summed E-state index contributed by atoms with van der Waals surface area (Å²) < 4.78 is 41.1. The summed E-state index contributed by atoms with van der Waals surface area (Å²) in [6, 6.07) is 14.1. The number of ketones is 1. The Morgan fingerprint density at radius 1 is 0.964 bits per heavy atom. The van der Waals surface area contributed by atoms with Crippen molar-refractivity contribution in [2.45, 2.75) is 18.7 Å². The Bertz CT molecular complexity index is 1200. The van der Waals surface area contributed by atoms with E-state index in [1.54, 1.807) is 31.2 Å². The molecule has 0 fully saturated rings. The molecule has 2 heterocycles. The van der Waals surface area contributed by atoms with Crippen LogP contribution in [-0.2, 0) is 10.1 Å². The molecule has 0 atom stereocenters. The highest BCUT2D eigenvalue weighted by atomic mass is 32.2. The first-order valence-corrected chi connectivity index (χ1v) is 9.88. The Balaban J connectivity index is 1.59. The fourth-order valence-corrected chi connectivity index (χ4v) is 3.68. The van der Waals surface area contributed by atoms with Gasteiger partial charge in [-0.3, -0.25) is 4.79 Å². The van der Waals surface area contributed by atoms with Gasteiger partial charge in [-0.1, -0.05) is 17.7 Å². The highest BCUT2D eigenvalue weighted by Crippen LogP contribution is 2.35. The maximum Gasteiger partial charge on any atom is 0.339 e. The van der Waals surface area contributed by atoms with E-state index in [2.05, 4.69) is 0 Å². The molecule has 1 aliphatic rings. The molecule has 1 aromatic heterocycles. The van der Waals surface area contributed by atoms with Crippen LogP contribution < -0.4 is 8.92 Å². The quantitative estimate of drug-likeness (QED) is 0.484. The summed E-state index contributed by atoms with van der Waals surface area (Å²) in [5, 5.41) is 0. The average molecular weight is 396 g/mol. The molecular weight excluding hydrogens is 380 g/mol. The molecular formula is C21H16O6S. The van der Waals surface area contributed by atoms with Crippen LogP contribution in [0.15, 0.2) is 69.7 Å². The molecule has 0 aliphatic carbocycles. The lowest BCUT2D eigenvalue weighted by atomic mass is 10.1. The molecule has 3 aromatic rings. The number of fused-ring (bicyclic) bond motifs is 1. The first-order chi connectivity index (χ1) is 13.3. The van der Waals surface area contributed by atoms with E-state index in [0.717, 1.165) is 5.56 Å². The van der Waals surface area contributed by atoms with Crippen molar-refractivity contribution in [3.8, 4) is 11.5 Å². The first kappa shape index (κ1) is 18.1. The second kappa shape index (κ2) is 6.69. The molecule has 0 saturated heterocycles. The summed E-state index contributed by atoms with van der Waals surface area (Å²) >= 11 is 0. The highest BCUT2D eigenvalue weighted by molar-refractivity contribution is 7.87. The third-order valence-electron chi connectivity index (χ3n) is 4.19. The standard InChI is InChI=1S/C21H16O6S/c1-13-3-8-17(9-4-13)28(23,24)27-16-7-10-18-19(12-16)26-20(21(18)22)11-15-6-5-14(2)25-15/h3-12H,1-2H3/b20-11-. The van der Waals surface area contributed by atoms with Gasteiger partial charge in [0, 0.05) is 12.1 Å². The second-order valence-corrected chi connectivity index (χ2v) is 7.94. The van der Waals surface area contributed by atoms with Gasteiger partial charge in [0.25, 0.3) is 0 Å². The summed E-state index contributed by atoms with van der Waals surface area (Å²) in [5.74, 6) is 1.29. The molecule has 0 amide bonds. The van der Waals surface area contributed by atoms with E-state index in [0.29, 0.717) is 17.1 Å². The van der Waals surface area contributed by atoms with E-state index >= 15 is 0 Å². The molecule has 0 saturated carbocycles. The average Bonchev–Trinajstić information content (AvgIpc) is 3.18. The maximum absolute atomic E-state index is 12.5. The van der Waals surface area contributed by atoms with Crippen LogP contribution in [0.5, 0.6) is 11.5 Å². The molecule has 0 radical (unpaired) electrons. The second-order valence-electron chi connectivity index (χ2n) is 6.40. The van der Waals surface area contributed by atoms with Gasteiger partial charge in [-0.05, 0) is 50.2 Å². The molecule has 6 nitrogen and oxygen atoms in total. The Kier molecular flexibility index (Phi) is 4.31. The van der Waals surface area contributed by atoms with Crippen molar-refractivity contribution in [2.24, 2.45) is 0 Å². The largest absolute Gasteiger partial charge is 0.462 e. The lowest BCUT2D eigenvalue weighted by Gasteiger charge is -2.08. The van der Waals surface area contributed by atoms with Crippen LogP contribution in [0.1, 0.15) is 27.4 Å². The Morgan fingerprint density at radius 3 is 2.39 bits per heavy atom. The number of allylic oxidation sites excluding steroid dienone is 1. The summed E-state index contributed by atoms with van der Waals surface area (Å²) in [4.78, 5) is 12.5. The summed E-state index contributed by atoms with van der Waals surface area (Å²) in [6.07, 6.45) is 1.50. The van der Waals surface area contributed by atoms with Crippen molar-refractivity contribution in [1.29, 1.82) is 0 Å². The highest BCUT2D eigenvalue weighted by Gasteiger charge is 2.29. The lowest BCUT2D eigenvalue weighted by Crippen LogP contribution is -2.09. The third-order valence-corrected chi connectivity index (χ3v) is 5.45. The van der Waals surface area contributed by atoms with Gasteiger partial charge in [0.05, 0.1) is 5.56 Å². The minimum atomic E-state index is -3.99. The van der Waals surface area contributed by atoms with Gasteiger partial charge in [-0.2, -0.15) is 8.42 Å². The molecule has 1 aliphatic heterocycles. The molecule has 0 N–H and O–H groups in total. The molecule has 0 unspecified atom stereocenters. The van der Waals surface area contributed by atoms with Crippen LogP contribution in [0, 0.1) is 13.8 Å². The van der Waals surface area contributed by atoms with E-state index in [9.17, 15) is 13.2 Å². The zero-order valence-electron chi connectivity index (χ0n) is 15.1. The monoisotopic (exact) mass is 396 g/mol. The maximum atomic E-state index is 12.5. The van der Waals surface area contributed by atoms with E-state index in [4.69, 9.17) is 13.3 Å². The van der Waals surface area contributed by atoms with Gasteiger partial charge in [0.15, 0.2) is 5.76 Å². The molecule has 7 heteroatoms. The van der Waals surface area contributed by atoms with Crippen LogP contribution in [0.25, 0.3) is 6.08 Å². The van der Waals surface area contributed by atoms with Crippen LogP contribution in [0.4, 0.5) is 0 Å². The predicted octanol–water partition coefficient (Wildman–Crippen LogP) is 4.28. The molecule has 2 aromatic carbocycles. The van der Waals surface area contributed by atoms with Crippen molar-refractivity contribution >= 4 is 22.0 Å². The Labute approximate surface area is 162 Å². The van der Waals surface area contributed by atoms with Crippen LogP contribution in [-0.4, -0.2) is 14.2 Å². The number of Topliss-reactive ketones (excluding diaryl/α,β-unsaturated/α-hetero) is 1. The zero-order valence-corrected chi connectivity index (χ0v) is 15.9. The minimum absolute atomic E-state index is 0.0457. The number of rotatable bonds is 4. The normalized spacial score (nSPS) is 14.8. The van der Waals surface area contributed by atoms with Gasteiger partial charge in [-0.25, -0.2) is 0 Å². The van der Waals surface area contributed by atoms with Crippen molar-refractivity contribution in [3.63, 3.8) is 0 Å². The molecule has 28 heavy (non-hydrogen) atoms. The van der Waals surface area contributed by atoms with E-state index < -0.39 is 10.1 Å². The SMILES string of the molecule is Cc1ccc(S(=O)(=O)Oc2ccc3c(c2)O/C(=C\c2ccc(C)o2)C3=O)cc1. The number of aryl methyl sites for hydroxylation is 2. The van der Waals surface area contributed by atoms with Gasteiger partial charge < -0.3 is 13.3 Å². The van der Waals surface area contributed by atoms with Gasteiger partial charge in [0.2, 0.25) is 5.78 Å². The number of carbonyl (C=O) groups excluding carboxylic acids is 1. The van der Waals surface area contributed by atoms with E-state index in [1.807, 2.05) is 6.92 Å². The van der Waals surface area contributed by atoms with Crippen molar-refractivity contribution in [1.82, 2.24) is 0 Å². The minimum Gasteiger partial charge on any atom is -0.462 e. The number of benzene rings is 2. The topological polar surface area (TPSA) is 82.8 Å². The number of hydrogen-bond donors (Lipinski definition) is 0. The lowest BCUT2D eigenvalue weighted by molar-refractivity contribution is 0.101. The van der Waals surface area contributed by atoms with Crippen LogP contribution >= 0.6 is 0 Å². The summed E-state index contributed by atoms with van der Waals surface area (Å²) in [5.41, 5.74) is 1.27. The number of carbonyl (C=O) groups is 1. The molecule has 4 rings (SSSR count). The van der Waals surface area contributed by atoms with Crippen LogP contribution in [0.3, 0.4) is 0 Å². The number of hydrogen-bond acceptors (Lipinski definition) is 6. The number of ether oxygens (including phenoxy) is 1. The zero-order chi connectivity index (χ0) is 19.9. The van der Waals surface area contributed by atoms with Crippen molar-refractivity contribution in [2.75, 3.05) is 0 Å². The molecule has 142 valence electrons. The summed E-state index contributed by atoms with van der Waals surface area (Å²) in [7, 11) is -3.99. The Hall–Kier alpha value is -3.32. The fourth-order valence-electron chi connectivity index (χ4n) is 2.76. The van der Waals surface area contributed by atoms with Crippen molar-refractivity contribution < 1.29 is 26.5 Å². The molecule has 0 bridgehead atoms. The molecule has 0 spiro atoms. The smallest absolute Gasteiger partial charge is 0.339 e. The van der Waals surface area contributed by atoms with Gasteiger partial charge in [0.1, 0.15) is 27.9 Å². The Morgan fingerprint density at radius 2 is 1.71 bits per heavy atom. The van der Waals surface area contributed by atoms with Crippen LogP contribution in [0.2, 0.25) is 0 Å². The van der Waals surface area contributed by atoms with Gasteiger partial charge in [-0.15, -0.1) is 0 Å². The van der Waals surface area contributed by atoms with E-state index in [-0.39, 0.29) is 27.9 Å². The first-order valence-electron chi connectivity index (χ1n) is 8.48. The number of furan rings is 1. The van der Waals surface area contributed by atoms with Crippen molar-refractivity contribution in [3.05, 3.63) is 83.0 Å². The third kappa shape index (κ3) is 3.44. The fraction of sp³-hybridized carbons (Fsp3) is 0.0952. The predicted molar refractivity (Wildman–Crippen MR) is 102 cm³/mol. The van der Waals surface area contributed by atoms with Gasteiger partial charge >= 0.3 is 10.1 Å². The van der Waals surface area contributed by atoms with E-state index in [1.165, 1.54) is 36.4 Å². The summed E-state index contributed by atoms with van der Waals surface area (Å²) in [6.45, 7) is 3.66.